The maximum atomic E-state index is 11.5. The molecule has 0 unspecified atom stereocenters. The molecule has 5 heteroatoms. The van der Waals surface area contributed by atoms with E-state index in [0.717, 1.165) is 6.42 Å². The molecule has 21 heavy (non-hydrogen) atoms. The summed E-state index contributed by atoms with van der Waals surface area (Å²) in [5.74, 6) is 2.44. The highest BCUT2D eigenvalue weighted by atomic mass is 16.5. The predicted octanol–water partition coefficient (Wildman–Crippen LogP) is 3.44. The summed E-state index contributed by atoms with van der Waals surface area (Å²) in [6, 6.07) is 7.07. The zero-order chi connectivity index (χ0) is 15.2. The first-order valence-electron chi connectivity index (χ1n) is 7.16. The smallest absolute Gasteiger partial charge is 0.264 e. The molecular weight excluding hydrogens is 268 g/mol. The molecule has 1 aromatic carbocycles. The Bertz CT molecular complexity index is 588. The summed E-state index contributed by atoms with van der Waals surface area (Å²) in [5.41, 5.74) is 0.696. The average Bonchev–Trinajstić information content (AvgIpc) is 2.91. The minimum absolute atomic E-state index is 0.122. The average molecular weight is 288 g/mol. The number of hydrogen-bond donors (Lipinski definition) is 0. The lowest BCUT2D eigenvalue weighted by atomic mass is 10.1. The largest absolute Gasteiger partial charge is 0.484 e. The fourth-order valence-electron chi connectivity index (χ4n) is 1.88. The second-order valence-electron chi connectivity index (χ2n) is 5.29. The highest BCUT2D eigenvalue weighted by molar-refractivity contribution is 5.95. The van der Waals surface area contributed by atoms with Crippen molar-refractivity contribution in [1.29, 1.82) is 0 Å². The minimum atomic E-state index is 0.122. The van der Waals surface area contributed by atoms with Crippen LogP contribution in [0.15, 0.2) is 28.8 Å². The number of benzene rings is 1. The van der Waals surface area contributed by atoms with Crippen LogP contribution in [0.3, 0.4) is 0 Å². The van der Waals surface area contributed by atoms with E-state index in [1.165, 1.54) is 0 Å². The van der Waals surface area contributed by atoms with Crippen molar-refractivity contribution in [2.75, 3.05) is 0 Å². The number of nitrogens with zero attached hydrogens (tertiary/aromatic N) is 2. The van der Waals surface area contributed by atoms with Crippen molar-refractivity contribution >= 4 is 5.78 Å². The molecule has 0 fully saturated rings. The second-order valence-corrected chi connectivity index (χ2v) is 5.29. The molecule has 0 saturated heterocycles. The maximum Gasteiger partial charge on any atom is 0.264 e. The highest BCUT2D eigenvalue weighted by Crippen LogP contribution is 2.15. The van der Waals surface area contributed by atoms with Crippen LogP contribution in [0.25, 0.3) is 0 Å². The first kappa shape index (κ1) is 15.2. The Morgan fingerprint density at radius 1 is 1.29 bits per heavy atom. The molecule has 0 saturated carbocycles. The van der Waals surface area contributed by atoms with Crippen LogP contribution >= 0.6 is 0 Å². The van der Waals surface area contributed by atoms with E-state index in [4.69, 9.17) is 9.26 Å². The van der Waals surface area contributed by atoms with Crippen LogP contribution < -0.4 is 4.74 Å². The number of rotatable bonds is 7. The third kappa shape index (κ3) is 4.41. The Morgan fingerprint density at radius 3 is 2.62 bits per heavy atom. The monoisotopic (exact) mass is 288 g/mol. The standard InChI is InChI=1S/C16H20N2O3/c1-4-14(19)12-5-7-13(8-6-12)20-10-16-17-15(18-21-16)9-11(2)3/h5-8,11H,4,9-10H2,1-3H3. The van der Waals surface area contributed by atoms with Crippen LogP contribution in [0.5, 0.6) is 5.75 Å². The molecule has 0 spiro atoms. The molecule has 1 heterocycles. The summed E-state index contributed by atoms with van der Waals surface area (Å²) in [7, 11) is 0. The van der Waals surface area contributed by atoms with Crippen molar-refractivity contribution in [2.45, 2.75) is 40.2 Å². The second kappa shape index (κ2) is 7.02. The minimum Gasteiger partial charge on any atom is -0.484 e. The van der Waals surface area contributed by atoms with Gasteiger partial charge < -0.3 is 9.26 Å². The highest BCUT2D eigenvalue weighted by Gasteiger charge is 2.09. The number of ketones is 1. The van der Waals surface area contributed by atoms with Gasteiger partial charge >= 0.3 is 0 Å². The lowest BCUT2D eigenvalue weighted by molar-refractivity contribution is 0.0988. The van der Waals surface area contributed by atoms with Crippen molar-refractivity contribution < 1.29 is 14.1 Å². The molecule has 2 aromatic rings. The van der Waals surface area contributed by atoms with E-state index in [0.29, 0.717) is 35.4 Å². The quantitative estimate of drug-likeness (QED) is 0.730. The van der Waals surface area contributed by atoms with Gasteiger partial charge in [0.15, 0.2) is 18.2 Å². The first-order valence-corrected chi connectivity index (χ1v) is 7.16. The fraction of sp³-hybridized carbons (Fsp3) is 0.438. The van der Waals surface area contributed by atoms with Crippen LogP contribution in [0.4, 0.5) is 0 Å². The van der Waals surface area contributed by atoms with Gasteiger partial charge in [0, 0.05) is 18.4 Å². The van der Waals surface area contributed by atoms with Gasteiger partial charge in [-0.15, -0.1) is 0 Å². The van der Waals surface area contributed by atoms with E-state index in [1.807, 2.05) is 6.92 Å². The molecule has 1 aromatic heterocycles. The van der Waals surface area contributed by atoms with Gasteiger partial charge in [0.2, 0.25) is 0 Å². The zero-order valence-electron chi connectivity index (χ0n) is 12.6. The van der Waals surface area contributed by atoms with Gasteiger partial charge in [-0.25, -0.2) is 0 Å². The van der Waals surface area contributed by atoms with Crippen molar-refractivity contribution in [1.82, 2.24) is 10.1 Å². The molecule has 0 amide bonds. The van der Waals surface area contributed by atoms with E-state index < -0.39 is 0 Å². The van der Waals surface area contributed by atoms with Gasteiger partial charge in [-0.1, -0.05) is 25.9 Å². The number of ether oxygens (including phenoxy) is 1. The Labute approximate surface area is 124 Å². The van der Waals surface area contributed by atoms with Crippen LogP contribution in [0.2, 0.25) is 0 Å². The van der Waals surface area contributed by atoms with Crippen LogP contribution in [-0.4, -0.2) is 15.9 Å². The van der Waals surface area contributed by atoms with Crippen molar-refractivity contribution in [3.8, 4) is 5.75 Å². The summed E-state index contributed by atoms with van der Waals surface area (Å²) in [5, 5.41) is 3.91. The number of hydrogen-bond acceptors (Lipinski definition) is 5. The molecular formula is C16H20N2O3. The molecule has 112 valence electrons. The third-order valence-corrected chi connectivity index (χ3v) is 2.96. The molecule has 0 bridgehead atoms. The van der Waals surface area contributed by atoms with Gasteiger partial charge in [-0.3, -0.25) is 4.79 Å². The van der Waals surface area contributed by atoms with Crippen molar-refractivity contribution in [3.63, 3.8) is 0 Å². The summed E-state index contributed by atoms with van der Waals surface area (Å²) in [6.45, 7) is 6.28. The summed E-state index contributed by atoms with van der Waals surface area (Å²) in [4.78, 5) is 15.8. The van der Waals surface area contributed by atoms with Crippen LogP contribution in [-0.2, 0) is 13.0 Å². The number of carbonyl (C=O) groups is 1. The Kier molecular flexibility index (Phi) is 5.09. The molecule has 0 aliphatic heterocycles. The van der Waals surface area contributed by atoms with E-state index in [9.17, 15) is 4.79 Å². The molecule has 0 aliphatic carbocycles. The summed E-state index contributed by atoms with van der Waals surface area (Å²) >= 11 is 0. The van der Waals surface area contributed by atoms with Gasteiger partial charge in [0.05, 0.1) is 0 Å². The van der Waals surface area contributed by atoms with E-state index in [1.54, 1.807) is 24.3 Å². The van der Waals surface area contributed by atoms with Gasteiger partial charge in [0.25, 0.3) is 5.89 Å². The van der Waals surface area contributed by atoms with Crippen LogP contribution in [0, 0.1) is 5.92 Å². The lowest BCUT2D eigenvalue weighted by Crippen LogP contribution is -1.99. The molecule has 0 N–H and O–H groups in total. The van der Waals surface area contributed by atoms with E-state index in [-0.39, 0.29) is 12.4 Å². The number of carbonyl (C=O) groups excluding carboxylic acids is 1. The molecule has 0 aliphatic rings. The first-order chi connectivity index (χ1) is 10.1. The van der Waals surface area contributed by atoms with E-state index in [2.05, 4.69) is 24.0 Å². The Morgan fingerprint density at radius 2 is 2.00 bits per heavy atom. The van der Waals surface area contributed by atoms with E-state index >= 15 is 0 Å². The van der Waals surface area contributed by atoms with Gasteiger partial charge in [0.1, 0.15) is 5.75 Å². The summed E-state index contributed by atoms with van der Waals surface area (Å²) < 4.78 is 10.7. The van der Waals surface area contributed by atoms with Gasteiger partial charge in [-0.2, -0.15) is 4.98 Å². The maximum absolute atomic E-state index is 11.5. The van der Waals surface area contributed by atoms with Crippen molar-refractivity contribution in [3.05, 3.63) is 41.5 Å². The molecule has 2 rings (SSSR count). The number of aromatic nitrogens is 2. The number of Topliss-reactive ketones (excluding diaryl/α,β-unsaturated/α-hetero) is 1. The topological polar surface area (TPSA) is 65.2 Å². The third-order valence-electron chi connectivity index (χ3n) is 2.96. The molecule has 0 radical (unpaired) electrons. The Balaban J connectivity index is 1.90. The van der Waals surface area contributed by atoms with Gasteiger partial charge in [-0.05, 0) is 30.2 Å². The Hall–Kier alpha value is -2.17. The predicted molar refractivity (Wildman–Crippen MR) is 78.2 cm³/mol. The van der Waals surface area contributed by atoms with Crippen molar-refractivity contribution in [2.24, 2.45) is 5.92 Å². The molecule has 5 nitrogen and oxygen atoms in total. The normalized spacial score (nSPS) is 10.9. The SMILES string of the molecule is CCC(=O)c1ccc(OCc2nc(CC(C)C)no2)cc1. The fourth-order valence-corrected chi connectivity index (χ4v) is 1.88. The molecule has 0 atom stereocenters. The summed E-state index contributed by atoms with van der Waals surface area (Å²) in [6.07, 6.45) is 1.29. The zero-order valence-corrected chi connectivity index (χ0v) is 12.6. The lowest BCUT2D eigenvalue weighted by Gasteiger charge is -2.04. The van der Waals surface area contributed by atoms with Crippen LogP contribution in [0.1, 0.15) is 49.3 Å².